The summed E-state index contributed by atoms with van der Waals surface area (Å²) in [6.07, 6.45) is 4.19. The van der Waals surface area contributed by atoms with Gasteiger partial charge < -0.3 is 9.47 Å². The highest BCUT2D eigenvalue weighted by Crippen LogP contribution is 2.32. The molecule has 1 aromatic rings. The maximum atomic E-state index is 5.32. The van der Waals surface area contributed by atoms with Crippen LogP contribution in [0.1, 0.15) is 17.5 Å². The summed E-state index contributed by atoms with van der Waals surface area (Å²) in [5.41, 5.74) is 2.42. The molecule has 2 heteroatoms. The molecule has 0 atom stereocenters. The van der Waals surface area contributed by atoms with Crippen LogP contribution in [0.3, 0.4) is 0 Å². The molecule has 0 aromatic heterocycles. The number of fused-ring (bicyclic) bond motifs is 1. The number of rotatable bonds is 2. The summed E-state index contributed by atoms with van der Waals surface area (Å²) >= 11 is 0. The molecule has 1 aliphatic carbocycles. The Morgan fingerprint density at radius 3 is 2.71 bits per heavy atom. The van der Waals surface area contributed by atoms with E-state index in [1.807, 2.05) is 12.1 Å². The Labute approximate surface area is 84.2 Å². The van der Waals surface area contributed by atoms with E-state index < -0.39 is 0 Å². The van der Waals surface area contributed by atoms with Crippen LogP contribution in [0.2, 0.25) is 0 Å². The Kier molecular flexibility index (Phi) is 2.44. The van der Waals surface area contributed by atoms with Crippen molar-refractivity contribution in [1.82, 2.24) is 0 Å². The van der Waals surface area contributed by atoms with E-state index in [1.54, 1.807) is 14.2 Å². The van der Waals surface area contributed by atoms with E-state index in [9.17, 15) is 0 Å². The summed E-state index contributed by atoms with van der Waals surface area (Å²) < 4.78 is 10.6. The smallest absolute Gasteiger partial charge is 0.122 e. The molecule has 0 spiro atoms. The minimum absolute atomic E-state index is 0.963. The molecule has 14 heavy (non-hydrogen) atoms. The Bertz CT molecular complexity index is 367. The molecule has 0 N–H and O–H groups in total. The van der Waals surface area contributed by atoms with Gasteiger partial charge in [0.2, 0.25) is 0 Å². The summed E-state index contributed by atoms with van der Waals surface area (Å²) in [5, 5.41) is 0. The zero-order valence-electron chi connectivity index (χ0n) is 8.54. The van der Waals surface area contributed by atoms with Crippen LogP contribution in [0.4, 0.5) is 0 Å². The van der Waals surface area contributed by atoms with Crippen LogP contribution in [0.5, 0.6) is 5.75 Å². The van der Waals surface area contributed by atoms with Gasteiger partial charge in [-0.15, -0.1) is 0 Å². The van der Waals surface area contributed by atoms with Crippen molar-refractivity contribution in [2.75, 3.05) is 14.2 Å². The molecule has 1 aromatic carbocycles. The second kappa shape index (κ2) is 3.74. The average Bonchev–Trinajstić information content (AvgIpc) is 2.27. The molecule has 0 bridgehead atoms. The molecule has 0 heterocycles. The number of allylic oxidation sites excluding steroid dienone is 1. The molecule has 1 aliphatic rings. The van der Waals surface area contributed by atoms with Crippen molar-refractivity contribution in [1.29, 1.82) is 0 Å². The highest BCUT2D eigenvalue weighted by Gasteiger charge is 2.16. The van der Waals surface area contributed by atoms with Crippen molar-refractivity contribution in [3.8, 4) is 5.75 Å². The molecular weight excluding hydrogens is 176 g/mol. The molecule has 0 saturated heterocycles. The Morgan fingerprint density at radius 2 is 2.00 bits per heavy atom. The van der Waals surface area contributed by atoms with Crippen LogP contribution in [0.25, 0.3) is 5.76 Å². The number of hydrogen-bond acceptors (Lipinski definition) is 2. The molecule has 0 radical (unpaired) electrons. The lowest BCUT2D eigenvalue weighted by Gasteiger charge is -2.18. The molecule has 0 amide bonds. The van der Waals surface area contributed by atoms with Gasteiger partial charge in [-0.3, -0.25) is 0 Å². The van der Waals surface area contributed by atoms with E-state index in [4.69, 9.17) is 9.47 Å². The van der Waals surface area contributed by atoms with Gasteiger partial charge in [0.05, 0.1) is 14.2 Å². The monoisotopic (exact) mass is 190 g/mol. The summed E-state index contributed by atoms with van der Waals surface area (Å²) in [5.74, 6) is 1.93. The third kappa shape index (κ3) is 1.37. The normalized spacial score (nSPS) is 14.3. The van der Waals surface area contributed by atoms with Crippen molar-refractivity contribution in [2.24, 2.45) is 0 Å². The molecule has 0 fully saturated rings. The Morgan fingerprint density at radius 1 is 1.14 bits per heavy atom. The van der Waals surface area contributed by atoms with Gasteiger partial charge in [0.1, 0.15) is 11.5 Å². The SMILES string of the molecule is COC1=CCCc2c(OC)cccc21. The number of methoxy groups -OCH3 is 2. The summed E-state index contributed by atoms with van der Waals surface area (Å²) in [7, 11) is 3.42. The highest BCUT2D eigenvalue weighted by atomic mass is 16.5. The average molecular weight is 190 g/mol. The van der Waals surface area contributed by atoms with Gasteiger partial charge >= 0.3 is 0 Å². The van der Waals surface area contributed by atoms with Crippen LogP contribution in [0, 0.1) is 0 Å². The number of hydrogen-bond donors (Lipinski definition) is 0. The van der Waals surface area contributed by atoms with E-state index in [0.29, 0.717) is 0 Å². The molecular formula is C12H14O2. The second-order valence-corrected chi connectivity index (χ2v) is 3.30. The molecule has 0 aliphatic heterocycles. The van der Waals surface area contributed by atoms with Gasteiger partial charge in [0.15, 0.2) is 0 Å². The van der Waals surface area contributed by atoms with Crippen molar-refractivity contribution in [3.63, 3.8) is 0 Å². The molecule has 2 nitrogen and oxygen atoms in total. The van der Waals surface area contributed by atoms with Crippen LogP contribution >= 0.6 is 0 Å². The topological polar surface area (TPSA) is 18.5 Å². The molecule has 0 unspecified atom stereocenters. The van der Waals surface area contributed by atoms with E-state index in [0.717, 1.165) is 29.9 Å². The van der Waals surface area contributed by atoms with E-state index in [2.05, 4.69) is 12.1 Å². The van der Waals surface area contributed by atoms with E-state index >= 15 is 0 Å². The van der Waals surface area contributed by atoms with Gasteiger partial charge in [-0.2, -0.15) is 0 Å². The maximum Gasteiger partial charge on any atom is 0.122 e. The first-order chi connectivity index (χ1) is 6.86. The predicted molar refractivity (Wildman–Crippen MR) is 56.3 cm³/mol. The van der Waals surface area contributed by atoms with Crippen LogP contribution in [0.15, 0.2) is 24.3 Å². The predicted octanol–water partition coefficient (Wildman–Crippen LogP) is 2.63. The van der Waals surface area contributed by atoms with Crippen LogP contribution < -0.4 is 4.74 Å². The summed E-state index contributed by atoms with van der Waals surface area (Å²) in [6.45, 7) is 0. The number of benzene rings is 1. The van der Waals surface area contributed by atoms with Crippen molar-refractivity contribution < 1.29 is 9.47 Å². The minimum atomic E-state index is 0.963. The lowest BCUT2D eigenvalue weighted by Crippen LogP contribution is -2.03. The largest absolute Gasteiger partial charge is 0.496 e. The first-order valence-electron chi connectivity index (χ1n) is 4.77. The van der Waals surface area contributed by atoms with Gasteiger partial charge in [0, 0.05) is 11.1 Å². The first-order valence-corrected chi connectivity index (χ1v) is 4.77. The fraction of sp³-hybridized carbons (Fsp3) is 0.333. The number of ether oxygens (including phenoxy) is 2. The van der Waals surface area contributed by atoms with Crippen molar-refractivity contribution in [2.45, 2.75) is 12.8 Å². The van der Waals surface area contributed by atoms with Gasteiger partial charge in [-0.1, -0.05) is 12.1 Å². The fourth-order valence-corrected chi connectivity index (χ4v) is 1.90. The summed E-state index contributed by atoms with van der Waals surface area (Å²) in [4.78, 5) is 0. The zero-order chi connectivity index (χ0) is 9.97. The second-order valence-electron chi connectivity index (χ2n) is 3.30. The quantitative estimate of drug-likeness (QED) is 0.713. The van der Waals surface area contributed by atoms with Gasteiger partial charge in [0.25, 0.3) is 0 Å². The zero-order valence-corrected chi connectivity index (χ0v) is 8.54. The van der Waals surface area contributed by atoms with Gasteiger partial charge in [-0.25, -0.2) is 0 Å². The third-order valence-corrected chi connectivity index (χ3v) is 2.56. The van der Waals surface area contributed by atoms with Crippen LogP contribution in [-0.4, -0.2) is 14.2 Å². The lowest BCUT2D eigenvalue weighted by atomic mass is 9.95. The standard InChI is InChI=1S/C12H14O2/c1-13-11-7-3-6-10-9(11)5-4-8-12(10)14-2/h3,6-8H,4-5H2,1-2H3. The third-order valence-electron chi connectivity index (χ3n) is 2.56. The Hall–Kier alpha value is -1.44. The molecule has 0 saturated carbocycles. The van der Waals surface area contributed by atoms with Crippen molar-refractivity contribution >= 4 is 5.76 Å². The van der Waals surface area contributed by atoms with Crippen LogP contribution in [-0.2, 0) is 11.2 Å². The maximum absolute atomic E-state index is 5.32. The lowest BCUT2D eigenvalue weighted by molar-refractivity contribution is 0.364. The fourth-order valence-electron chi connectivity index (χ4n) is 1.90. The summed E-state index contributed by atoms with van der Waals surface area (Å²) in [6, 6.07) is 6.07. The van der Waals surface area contributed by atoms with Gasteiger partial charge in [-0.05, 0) is 25.0 Å². The Balaban J connectivity index is 2.52. The van der Waals surface area contributed by atoms with Crippen molar-refractivity contribution in [3.05, 3.63) is 35.4 Å². The van der Waals surface area contributed by atoms with E-state index in [1.165, 1.54) is 5.56 Å². The molecule has 2 rings (SSSR count). The minimum Gasteiger partial charge on any atom is -0.496 e. The first kappa shape index (κ1) is 9.13. The van der Waals surface area contributed by atoms with E-state index in [-0.39, 0.29) is 0 Å². The highest BCUT2D eigenvalue weighted by molar-refractivity contribution is 5.67. The molecule has 74 valence electrons.